The van der Waals surface area contributed by atoms with Crippen LogP contribution in [0.25, 0.3) is 0 Å². The summed E-state index contributed by atoms with van der Waals surface area (Å²) in [7, 11) is 0. The lowest BCUT2D eigenvalue weighted by Gasteiger charge is -2.30. The average Bonchev–Trinajstić information content (AvgIpc) is 2.41. The SMILES string of the molecule is Cc1c(Cl)cccc1C(CN)CN1CCCCC1. The van der Waals surface area contributed by atoms with Crippen molar-refractivity contribution in [1.29, 1.82) is 0 Å². The molecule has 0 aromatic heterocycles. The minimum atomic E-state index is 0.404. The largest absolute Gasteiger partial charge is 0.330 e. The van der Waals surface area contributed by atoms with E-state index >= 15 is 0 Å². The number of piperidine rings is 1. The molecule has 1 aromatic carbocycles. The molecule has 1 heterocycles. The van der Waals surface area contributed by atoms with Crippen LogP contribution in [-0.4, -0.2) is 31.1 Å². The maximum Gasteiger partial charge on any atom is 0.0438 e. The predicted molar refractivity (Wildman–Crippen MR) is 78.3 cm³/mol. The normalized spacial score (nSPS) is 18.8. The zero-order valence-electron chi connectivity index (χ0n) is 11.2. The Morgan fingerprint density at radius 2 is 2.00 bits per heavy atom. The number of nitrogens with zero attached hydrogens (tertiary/aromatic N) is 1. The number of halogens is 1. The van der Waals surface area contributed by atoms with E-state index in [-0.39, 0.29) is 0 Å². The van der Waals surface area contributed by atoms with Gasteiger partial charge in [0.25, 0.3) is 0 Å². The summed E-state index contributed by atoms with van der Waals surface area (Å²) < 4.78 is 0. The van der Waals surface area contributed by atoms with Crippen molar-refractivity contribution in [2.75, 3.05) is 26.2 Å². The van der Waals surface area contributed by atoms with Crippen LogP contribution in [0.5, 0.6) is 0 Å². The molecule has 0 radical (unpaired) electrons. The number of benzene rings is 1. The van der Waals surface area contributed by atoms with E-state index in [4.69, 9.17) is 17.3 Å². The Bertz CT molecular complexity index is 386. The van der Waals surface area contributed by atoms with E-state index in [0.29, 0.717) is 12.5 Å². The Hall–Kier alpha value is -0.570. The molecule has 1 aliphatic heterocycles. The highest BCUT2D eigenvalue weighted by Gasteiger charge is 2.18. The van der Waals surface area contributed by atoms with E-state index in [1.54, 1.807) is 0 Å². The second kappa shape index (κ2) is 6.55. The Morgan fingerprint density at radius 1 is 1.28 bits per heavy atom. The smallest absolute Gasteiger partial charge is 0.0438 e. The van der Waals surface area contributed by atoms with Gasteiger partial charge >= 0.3 is 0 Å². The van der Waals surface area contributed by atoms with Gasteiger partial charge in [0.2, 0.25) is 0 Å². The molecule has 100 valence electrons. The molecular weight excluding hydrogens is 244 g/mol. The summed E-state index contributed by atoms with van der Waals surface area (Å²) >= 11 is 6.20. The van der Waals surface area contributed by atoms with Crippen LogP contribution in [0.3, 0.4) is 0 Å². The molecule has 1 atom stereocenters. The van der Waals surface area contributed by atoms with Gasteiger partial charge in [0.05, 0.1) is 0 Å². The molecule has 1 fully saturated rings. The molecule has 0 amide bonds. The van der Waals surface area contributed by atoms with Gasteiger partial charge in [0.1, 0.15) is 0 Å². The minimum Gasteiger partial charge on any atom is -0.330 e. The summed E-state index contributed by atoms with van der Waals surface area (Å²) in [5, 5.41) is 0.851. The average molecular weight is 267 g/mol. The van der Waals surface area contributed by atoms with Gasteiger partial charge in [0.15, 0.2) is 0 Å². The monoisotopic (exact) mass is 266 g/mol. The van der Waals surface area contributed by atoms with Crippen molar-refractivity contribution >= 4 is 11.6 Å². The first kappa shape index (κ1) is 13.9. The van der Waals surface area contributed by atoms with E-state index in [1.165, 1.54) is 43.5 Å². The van der Waals surface area contributed by atoms with E-state index < -0.39 is 0 Å². The molecule has 0 aliphatic carbocycles. The van der Waals surface area contributed by atoms with Crippen LogP contribution in [-0.2, 0) is 0 Å². The number of likely N-dealkylation sites (tertiary alicyclic amines) is 1. The van der Waals surface area contributed by atoms with Crippen molar-refractivity contribution < 1.29 is 0 Å². The zero-order valence-corrected chi connectivity index (χ0v) is 11.9. The fourth-order valence-electron chi connectivity index (χ4n) is 2.82. The third kappa shape index (κ3) is 3.25. The highest BCUT2D eigenvalue weighted by atomic mass is 35.5. The Balaban J connectivity index is 2.09. The first-order chi connectivity index (χ1) is 8.72. The molecule has 0 spiro atoms. The Morgan fingerprint density at radius 3 is 2.67 bits per heavy atom. The molecule has 1 aromatic rings. The second-order valence-corrected chi connectivity index (χ2v) is 5.66. The molecule has 0 bridgehead atoms. The maximum atomic E-state index is 6.20. The van der Waals surface area contributed by atoms with Gasteiger partial charge in [0, 0.05) is 24.0 Å². The van der Waals surface area contributed by atoms with Gasteiger partial charge in [-0.3, -0.25) is 0 Å². The number of nitrogens with two attached hydrogens (primary N) is 1. The van der Waals surface area contributed by atoms with Crippen molar-refractivity contribution in [2.24, 2.45) is 5.73 Å². The molecule has 2 rings (SSSR count). The Kier molecular flexibility index (Phi) is 5.04. The molecule has 1 unspecified atom stereocenters. The molecular formula is C15H23ClN2. The lowest BCUT2D eigenvalue weighted by molar-refractivity contribution is 0.216. The zero-order chi connectivity index (χ0) is 13.0. The van der Waals surface area contributed by atoms with Crippen LogP contribution >= 0.6 is 11.6 Å². The third-order valence-electron chi connectivity index (χ3n) is 3.96. The Labute approximate surface area is 115 Å². The van der Waals surface area contributed by atoms with Crippen molar-refractivity contribution in [3.63, 3.8) is 0 Å². The van der Waals surface area contributed by atoms with Gasteiger partial charge in [-0.15, -0.1) is 0 Å². The second-order valence-electron chi connectivity index (χ2n) is 5.25. The van der Waals surface area contributed by atoms with Crippen LogP contribution in [0.15, 0.2) is 18.2 Å². The van der Waals surface area contributed by atoms with E-state index in [1.807, 2.05) is 12.1 Å². The standard InChI is InChI=1S/C15H23ClN2/c1-12-14(6-5-7-15(12)16)13(10-17)11-18-8-3-2-4-9-18/h5-7,13H,2-4,8-11,17H2,1H3. The van der Waals surface area contributed by atoms with Crippen LogP contribution < -0.4 is 5.73 Å². The van der Waals surface area contributed by atoms with Gasteiger partial charge in [-0.1, -0.05) is 30.2 Å². The lowest BCUT2D eigenvalue weighted by Crippen LogP contribution is -2.35. The summed E-state index contributed by atoms with van der Waals surface area (Å²) in [6.45, 7) is 6.29. The number of hydrogen-bond donors (Lipinski definition) is 1. The quantitative estimate of drug-likeness (QED) is 0.907. The summed E-state index contributed by atoms with van der Waals surface area (Å²) in [5.41, 5.74) is 8.47. The van der Waals surface area contributed by atoms with E-state index in [9.17, 15) is 0 Å². The first-order valence-electron chi connectivity index (χ1n) is 6.90. The van der Waals surface area contributed by atoms with Crippen LogP contribution in [0.1, 0.15) is 36.3 Å². The molecule has 2 nitrogen and oxygen atoms in total. The van der Waals surface area contributed by atoms with E-state index in [2.05, 4.69) is 17.9 Å². The number of rotatable bonds is 4. The molecule has 2 N–H and O–H groups in total. The molecule has 0 saturated carbocycles. The fourth-order valence-corrected chi connectivity index (χ4v) is 3.00. The van der Waals surface area contributed by atoms with Crippen LogP contribution in [0.4, 0.5) is 0 Å². The lowest BCUT2D eigenvalue weighted by atomic mass is 9.93. The predicted octanol–water partition coefficient (Wildman–Crippen LogP) is 3.18. The van der Waals surface area contributed by atoms with Gasteiger partial charge in [-0.25, -0.2) is 0 Å². The highest BCUT2D eigenvalue weighted by Crippen LogP contribution is 2.26. The molecule has 1 saturated heterocycles. The van der Waals surface area contributed by atoms with Crippen molar-refractivity contribution in [2.45, 2.75) is 32.1 Å². The van der Waals surface area contributed by atoms with Gasteiger partial charge in [-0.2, -0.15) is 0 Å². The first-order valence-corrected chi connectivity index (χ1v) is 7.27. The third-order valence-corrected chi connectivity index (χ3v) is 4.37. The summed E-state index contributed by atoms with van der Waals surface area (Å²) in [6.07, 6.45) is 4.03. The summed E-state index contributed by atoms with van der Waals surface area (Å²) in [4.78, 5) is 2.54. The fraction of sp³-hybridized carbons (Fsp3) is 0.600. The van der Waals surface area contributed by atoms with Crippen LogP contribution in [0.2, 0.25) is 5.02 Å². The number of hydrogen-bond acceptors (Lipinski definition) is 2. The van der Waals surface area contributed by atoms with Crippen molar-refractivity contribution in [3.8, 4) is 0 Å². The molecule has 1 aliphatic rings. The minimum absolute atomic E-state index is 0.404. The summed E-state index contributed by atoms with van der Waals surface area (Å²) in [6, 6.07) is 6.15. The summed E-state index contributed by atoms with van der Waals surface area (Å²) in [5.74, 6) is 0.404. The molecule has 18 heavy (non-hydrogen) atoms. The van der Waals surface area contributed by atoms with Gasteiger partial charge in [-0.05, 0) is 50.0 Å². The van der Waals surface area contributed by atoms with Crippen molar-refractivity contribution in [1.82, 2.24) is 4.90 Å². The topological polar surface area (TPSA) is 29.3 Å². The van der Waals surface area contributed by atoms with Gasteiger partial charge < -0.3 is 10.6 Å². The van der Waals surface area contributed by atoms with Crippen molar-refractivity contribution in [3.05, 3.63) is 34.3 Å². The van der Waals surface area contributed by atoms with Crippen LogP contribution in [0, 0.1) is 6.92 Å². The van der Waals surface area contributed by atoms with E-state index in [0.717, 1.165) is 11.6 Å². The maximum absolute atomic E-state index is 6.20. The highest BCUT2D eigenvalue weighted by molar-refractivity contribution is 6.31. The molecule has 3 heteroatoms.